The van der Waals surface area contributed by atoms with Gasteiger partial charge in [-0.3, -0.25) is 9.48 Å². The lowest BCUT2D eigenvalue weighted by molar-refractivity contribution is -0.123. The van der Waals surface area contributed by atoms with Crippen LogP contribution < -0.4 is 14.8 Å². The predicted molar refractivity (Wildman–Crippen MR) is 150 cm³/mol. The number of aromatic nitrogens is 6. The van der Waals surface area contributed by atoms with Crippen molar-refractivity contribution < 1.29 is 36.2 Å². The van der Waals surface area contributed by atoms with E-state index in [4.69, 9.17) is 14.5 Å². The average Bonchev–Trinajstić information content (AvgIpc) is 3.29. The molecule has 1 aliphatic carbocycles. The second kappa shape index (κ2) is 11.2. The Hall–Kier alpha value is -4.95. The highest BCUT2D eigenvalue weighted by atomic mass is 19.3. The minimum absolute atomic E-state index is 0.0132. The molecule has 3 aliphatic heterocycles. The Kier molecular flexibility index (Phi) is 7.17. The number of ether oxygens (including phenoxy) is 2. The Morgan fingerprint density at radius 2 is 1.87 bits per heavy atom. The van der Waals surface area contributed by atoms with Crippen LogP contribution in [0.4, 0.5) is 22.0 Å². The molecule has 1 saturated carbocycles. The van der Waals surface area contributed by atoms with Crippen LogP contribution in [-0.2, 0) is 24.9 Å². The highest BCUT2D eigenvalue weighted by Crippen LogP contribution is 2.50. The lowest BCUT2D eigenvalue weighted by Gasteiger charge is -2.25. The largest absolute Gasteiger partial charge is 0.475 e. The van der Waals surface area contributed by atoms with E-state index in [-0.39, 0.29) is 47.8 Å². The first kappa shape index (κ1) is 28.8. The molecule has 1 aromatic carbocycles. The molecule has 0 radical (unpaired) electrons. The third-order valence-electron chi connectivity index (χ3n) is 7.81. The molecule has 3 atom stereocenters. The van der Waals surface area contributed by atoms with Crippen LogP contribution in [0.25, 0.3) is 33.8 Å². The van der Waals surface area contributed by atoms with Crippen molar-refractivity contribution in [3.8, 4) is 45.5 Å². The van der Waals surface area contributed by atoms with Gasteiger partial charge in [-0.1, -0.05) is 30.3 Å². The Morgan fingerprint density at radius 1 is 1.09 bits per heavy atom. The van der Waals surface area contributed by atoms with E-state index >= 15 is 0 Å². The zero-order chi connectivity index (χ0) is 31.4. The molecular formula is C30H26F5N7O3. The van der Waals surface area contributed by atoms with Crippen LogP contribution in [-0.4, -0.2) is 60.5 Å². The molecule has 0 saturated heterocycles. The molecule has 45 heavy (non-hydrogen) atoms. The van der Waals surface area contributed by atoms with Crippen LogP contribution in [0.5, 0.6) is 11.8 Å². The monoisotopic (exact) mass is 627 g/mol. The van der Waals surface area contributed by atoms with Gasteiger partial charge in [0.1, 0.15) is 24.3 Å². The molecule has 0 bridgehead atoms. The standard InChI is InChI=1S/C30H26F5N7O3/c1-40-13-19(28(39-40)45-30(34)35)21-17-8-5-9-41(11-15-6-3-2-4-7-15)26(17)37-23(21)22-24(25(32)33)38-42-12-16(14-44-29(22)42)36-27(43)18-10-20(18)31/h2-9,13,16,18,20,25,30H,10-12,14H2,1H3,(H,36,43)/t16-,18?,20+/m0/s1. The predicted octanol–water partition coefficient (Wildman–Crippen LogP) is 5.07. The van der Waals surface area contributed by atoms with E-state index in [9.17, 15) is 26.7 Å². The summed E-state index contributed by atoms with van der Waals surface area (Å²) in [7, 11) is 1.52. The molecule has 1 N–H and O–H groups in total. The summed E-state index contributed by atoms with van der Waals surface area (Å²) in [5.74, 6) is -1.24. The molecule has 10 nitrogen and oxygen atoms in total. The van der Waals surface area contributed by atoms with Crippen molar-refractivity contribution in [3.63, 3.8) is 0 Å². The summed E-state index contributed by atoms with van der Waals surface area (Å²) < 4.78 is 84.7. The molecule has 234 valence electrons. The fourth-order valence-electron chi connectivity index (χ4n) is 5.71. The van der Waals surface area contributed by atoms with E-state index in [1.54, 1.807) is 18.3 Å². The minimum atomic E-state index is -3.20. The smallest absolute Gasteiger partial charge is 0.388 e. The number of amides is 1. The van der Waals surface area contributed by atoms with Gasteiger partial charge in [-0.05, 0) is 24.1 Å². The van der Waals surface area contributed by atoms with Crippen molar-refractivity contribution in [2.45, 2.75) is 44.8 Å². The number of nitrogens with zero attached hydrogens (tertiary/aromatic N) is 6. The molecular weight excluding hydrogens is 601 g/mol. The van der Waals surface area contributed by atoms with E-state index in [1.165, 1.54) is 22.6 Å². The fraction of sp³-hybridized carbons (Fsp3) is 0.333. The van der Waals surface area contributed by atoms with Crippen molar-refractivity contribution in [2.75, 3.05) is 6.61 Å². The van der Waals surface area contributed by atoms with Crippen LogP contribution in [0.1, 0.15) is 24.1 Å². The average molecular weight is 628 g/mol. The number of benzene rings is 1. The number of hydrogen-bond donors (Lipinski definition) is 1. The molecule has 1 unspecified atom stereocenters. The van der Waals surface area contributed by atoms with Gasteiger partial charge in [-0.15, -0.1) is 5.10 Å². The molecule has 7 rings (SSSR count). The SMILES string of the molecule is Cn1cc(-c2c3cccn(Cc4ccccc4)c-3nc2-c2c(C(F)F)nn3c2OC[C@@H](NC(=O)C2C[C@H]2F)C3)c(OC(F)F)n1. The maximum Gasteiger partial charge on any atom is 0.388 e. The third kappa shape index (κ3) is 5.36. The summed E-state index contributed by atoms with van der Waals surface area (Å²) >= 11 is 0. The van der Waals surface area contributed by atoms with Crippen molar-refractivity contribution in [1.29, 1.82) is 0 Å². The Bertz CT molecular complexity index is 1840. The van der Waals surface area contributed by atoms with Gasteiger partial charge in [0.2, 0.25) is 17.7 Å². The Balaban J connectivity index is 1.38. The van der Waals surface area contributed by atoms with Crippen LogP contribution in [0.2, 0.25) is 0 Å². The van der Waals surface area contributed by atoms with Gasteiger partial charge in [-0.2, -0.15) is 13.9 Å². The molecule has 1 amide bonds. The maximum absolute atomic E-state index is 14.7. The van der Waals surface area contributed by atoms with Gasteiger partial charge in [0.25, 0.3) is 6.43 Å². The molecule has 2 aromatic heterocycles. The van der Waals surface area contributed by atoms with Crippen LogP contribution in [0.3, 0.4) is 0 Å². The number of halogens is 5. The fourth-order valence-corrected chi connectivity index (χ4v) is 5.71. The second-order valence-corrected chi connectivity index (χ2v) is 11.0. The van der Waals surface area contributed by atoms with E-state index < -0.39 is 48.6 Å². The zero-order valence-electron chi connectivity index (χ0n) is 23.7. The summed E-state index contributed by atoms with van der Waals surface area (Å²) in [4.78, 5) is 17.2. The molecule has 4 aliphatic rings. The molecule has 3 aromatic rings. The minimum Gasteiger partial charge on any atom is -0.475 e. The van der Waals surface area contributed by atoms with Gasteiger partial charge in [-0.25, -0.2) is 22.8 Å². The summed E-state index contributed by atoms with van der Waals surface area (Å²) in [5, 5.41) is 10.9. The first-order chi connectivity index (χ1) is 21.7. The van der Waals surface area contributed by atoms with Crippen LogP contribution >= 0.6 is 0 Å². The summed E-state index contributed by atoms with van der Waals surface area (Å²) in [6.45, 7) is -2.92. The Labute approximate surface area is 252 Å². The van der Waals surface area contributed by atoms with E-state index in [1.807, 2.05) is 34.9 Å². The van der Waals surface area contributed by atoms with Gasteiger partial charge in [0, 0.05) is 37.1 Å². The molecule has 5 heterocycles. The maximum atomic E-state index is 14.7. The highest BCUT2D eigenvalue weighted by molar-refractivity contribution is 5.97. The first-order valence-corrected chi connectivity index (χ1v) is 14.2. The number of carbonyl (C=O) groups is 1. The summed E-state index contributed by atoms with van der Waals surface area (Å²) in [6, 6.07) is 12.3. The number of carbonyl (C=O) groups excluding carboxylic acids is 1. The lowest BCUT2D eigenvalue weighted by atomic mass is 9.98. The number of hydrogen-bond acceptors (Lipinski definition) is 6. The van der Waals surface area contributed by atoms with Crippen LogP contribution in [0, 0.1) is 5.92 Å². The quantitative estimate of drug-likeness (QED) is 0.229. The lowest BCUT2D eigenvalue weighted by Crippen LogP contribution is -2.45. The van der Waals surface area contributed by atoms with Crippen molar-refractivity contribution >= 4 is 5.91 Å². The zero-order valence-corrected chi connectivity index (χ0v) is 23.7. The summed E-state index contributed by atoms with van der Waals surface area (Å²) in [5.41, 5.74) is 1.02. The van der Waals surface area contributed by atoms with Gasteiger partial charge >= 0.3 is 6.61 Å². The van der Waals surface area contributed by atoms with Crippen molar-refractivity contribution in [2.24, 2.45) is 13.0 Å². The molecule has 1 fully saturated rings. The van der Waals surface area contributed by atoms with Gasteiger partial charge < -0.3 is 19.4 Å². The molecule has 0 spiro atoms. The topological polar surface area (TPSA) is 101 Å². The highest BCUT2D eigenvalue weighted by Gasteiger charge is 2.45. The third-order valence-corrected chi connectivity index (χ3v) is 7.81. The number of alkyl halides is 5. The normalized spacial score (nSPS) is 19.2. The number of rotatable bonds is 9. The van der Waals surface area contributed by atoms with Gasteiger partial charge in [0.15, 0.2) is 0 Å². The van der Waals surface area contributed by atoms with Crippen molar-refractivity contribution in [1.82, 2.24) is 34.4 Å². The first-order valence-electron chi connectivity index (χ1n) is 14.2. The number of pyridine rings is 1. The summed E-state index contributed by atoms with van der Waals surface area (Å²) in [6.07, 6.45) is -0.890. The van der Waals surface area contributed by atoms with Gasteiger partial charge in [0.05, 0.1) is 35.3 Å². The second-order valence-electron chi connectivity index (χ2n) is 11.0. The van der Waals surface area contributed by atoms with Crippen LogP contribution in [0.15, 0.2) is 54.9 Å². The Morgan fingerprint density at radius 3 is 2.58 bits per heavy atom. The number of nitrogens with one attached hydrogen (secondary N) is 1. The number of fused-ring (bicyclic) bond motifs is 2. The molecule has 15 heteroatoms. The van der Waals surface area contributed by atoms with E-state index in [0.717, 1.165) is 5.56 Å². The van der Waals surface area contributed by atoms with E-state index in [2.05, 4.69) is 15.5 Å². The number of aryl methyl sites for hydroxylation is 1. The van der Waals surface area contributed by atoms with E-state index in [0.29, 0.717) is 17.9 Å². The van der Waals surface area contributed by atoms with Crippen molar-refractivity contribution in [3.05, 3.63) is 66.1 Å².